The van der Waals surface area contributed by atoms with Crippen molar-refractivity contribution in [2.75, 3.05) is 12.4 Å². The third kappa shape index (κ3) is 3.64. The Morgan fingerprint density at radius 2 is 2.11 bits per heavy atom. The third-order valence-corrected chi connectivity index (χ3v) is 4.18. The molecule has 1 aromatic carbocycles. The molecular weight excluding hydrogens is 281 g/mol. The summed E-state index contributed by atoms with van der Waals surface area (Å²) in [5.74, 6) is 0.559. The first-order valence-electron chi connectivity index (χ1n) is 6.76. The Hall–Kier alpha value is -0.730. The van der Waals surface area contributed by atoms with Crippen LogP contribution in [-0.2, 0) is 0 Å². The number of hydrogen-bond acceptors (Lipinski definition) is 1. The number of alkyl halides is 1. The van der Waals surface area contributed by atoms with E-state index in [4.69, 9.17) is 23.2 Å². The number of carbonyl (C=O) groups is 1. The molecule has 0 aromatic heterocycles. The quantitative estimate of drug-likeness (QED) is 0.747. The van der Waals surface area contributed by atoms with Crippen LogP contribution in [0.4, 0.5) is 0 Å². The number of amides is 1. The van der Waals surface area contributed by atoms with E-state index < -0.39 is 0 Å². The molecule has 0 bridgehead atoms. The van der Waals surface area contributed by atoms with Crippen LogP contribution in [0.25, 0.3) is 0 Å². The summed E-state index contributed by atoms with van der Waals surface area (Å²) in [5.41, 5.74) is 1.68. The predicted molar refractivity (Wildman–Crippen MR) is 80.2 cm³/mol. The van der Waals surface area contributed by atoms with Crippen LogP contribution >= 0.6 is 23.2 Å². The van der Waals surface area contributed by atoms with E-state index in [1.165, 1.54) is 6.42 Å². The summed E-state index contributed by atoms with van der Waals surface area (Å²) in [4.78, 5) is 14.6. The summed E-state index contributed by atoms with van der Waals surface area (Å²) in [6, 6.07) is 5.65. The second-order valence-corrected chi connectivity index (χ2v) is 5.92. The van der Waals surface area contributed by atoms with Gasteiger partial charge in [-0.2, -0.15) is 0 Å². The molecule has 1 fully saturated rings. The number of rotatable bonds is 2. The molecule has 1 saturated heterocycles. The van der Waals surface area contributed by atoms with Gasteiger partial charge in [-0.05, 0) is 43.5 Å². The highest BCUT2D eigenvalue weighted by Crippen LogP contribution is 2.22. The first kappa shape index (κ1) is 14.7. The van der Waals surface area contributed by atoms with Crippen molar-refractivity contribution in [1.29, 1.82) is 0 Å². The molecule has 19 heavy (non-hydrogen) atoms. The lowest BCUT2D eigenvalue weighted by Crippen LogP contribution is -2.41. The van der Waals surface area contributed by atoms with Crippen molar-refractivity contribution >= 4 is 29.1 Å². The van der Waals surface area contributed by atoms with Crippen molar-refractivity contribution in [2.24, 2.45) is 0 Å². The summed E-state index contributed by atoms with van der Waals surface area (Å²) in [6.45, 7) is 2.74. The molecule has 1 heterocycles. The van der Waals surface area contributed by atoms with Crippen LogP contribution < -0.4 is 0 Å². The minimum Gasteiger partial charge on any atom is -0.334 e. The summed E-state index contributed by atoms with van der Waals surface area (Å²) < 4.78 is 0. The van der Waals surface area contributed by atoms with Gasteiger partial charge < -0.3 is 4.90 Å². The van der Waals surface area contributed by atoms with Crippen LogP contribution in [0.3, 0.4) is 0 Å². The lowest BCUT2D eigenvalue weighted by atomic mass is 10.1. The summed E-state index contributed by atoms with van der Waals surface area (Å²) in [7, 11) is 0. The Balaban J connectivity index is 2.25. The monoisotopic (exact) mass is 299 g/mol. The lowest BCUT2D eigenvalue weighted by Gasteiger charge is -2.28. The fourth-order valence-electron chi connectivity index (χ4n) is 2.63. The van der Waals surface area contributed by atoms with Crippen molar-refractivity contribution < 1.29 is 4.79 Å². The molecule has 0 saturated carbocycles. The first-order valence-corrected chi connectivity index (χ1v) is 7.67. The molecule has 104 valence electrons. The molecule has 4 heteroatoms. The van der Waals surface area contributed by atoms with Gasteiger partial charge in [0.2, 0.25) is 0 Å². The minimum atomic E-state index is 0.0538. The smallest absolute Gasteiger partial charge is 0.254 e. The van der Waals surface area contributed by atoms with Crippen molar-refractivity contribution in [3.63, 3.8) is 0 Å². The normalized spacial score (nSPS) is 20.2. The molecule has 1 aromatic rings. The Kier molecular flexibility index (Phi) is 5.12. The second-order valence-electron chi connectivity index (χ2n) is 5.17. The van der Waals surface area contributed by atoms with Crippen LogP contribution in [-0.4, -0.2) is 29.3 Å². The van der Waals surface area contributed by atoms with E-state index >= 15 is 0 Å². The van der Waals surface area contributed by atoms with E-state index in [0.717, 1.165) is 31.4 Å². The molecule has 2 nitrogen and oxygen atoms in total. The third-order valence-electron chi connectivity index (χ3n) is 3.61. The maximum Gasteiger partial charge on any atom is 0.254 e. The zero-order valence-electron chi connectivity index (χ0n) is 11.2. The summed E-state index contributed by atoms with van der Waals surface area (Å²) in [6.07, 6.45) is 4.37. The Morgan fingerprint density at radius 3 is 2.79 bits per heavy atom. The summed E-state index contributed by atoms with van der Waals surface area (Å²) in [5, 5.41) is 0.612. The molecule has 1 unspecified atom stereocenters. The average Bonchev–Trinajstić information content (AvgIpc) is 2.61. The number of halogens is 2. The fraction of sp³-hybridized carbons (Fsp3) is 0.533. The van der Waals surface area contributed by atoms with Gasteiger partial charge >= 0.3 is 0 Å². The van der Waals surface area contributed by atoms with Crippen molar-refractivity contribution in [2.45, 2.75) is 38.6 Å². The first-order chi connectivity index (χ1) is 9.11. The molecule has 1 atom stereocenters. The van der Waals surface area contributed by atoms with Gasteiger partial charge in [0.25, 0.3) is 5.91 Å². The van der Waals surface area contributed by atoms with Crippen molar-refractivity contribution in [3.8, 4) is 0 Å². The number of hydrogen-bond donors (Lipinski definition) is 0. The average molecular weight is 300 g/mol. The van der Waals surface area contributed by atoms with Gasteiger partial charge in [0.15, 0.2) is 0 Å². The van der Waals surface area contributed by atoms with E-state index in [1.54, 1.807) is 6.07 Å². The van der Waals surface area contributed by atoms with Gasteiger partial charge in [0, 0.05) is 29.1 Å². The Bertz CT molecular complexity index is 441. The number of benzene rings is 1. The zero-order valence-corrected chi connectivity index (χ0v) is 12.7. The number of carbonyl (C=O) groups excluding carboxylic acids is 1. The van der Waals surface area contributed by atoms with Gasteiger partial charge in [-0.3, -0.25) is 4.79 Å². The SMILES string of the molecule is Cc1cc(Cl)cc(C(=O)N2CCCCCC2CCl)c1. The van der Waals surface area contributed by atoms with E-state index in [0.29, 0.717) is 16.5 Å². The molecular formula is C15H19Cl2NO. The van der Waals surface area contributed by atoms with Gasteiger partial charge in [-0.25, -0.2) is 0 Å². The molecule has 0 aliphatic carbocycles. The van der Waals surface area contributed by atoms with Crippen LogP contribution in [0.1, 0.15) is 41.6 Å². The second kappa shape index (κ2) is 6.62. The minimum absolute atomic E-state index is 0.0538. The van der Waals surface area contributed by atoms with Crippen LogP contribution in [0.5, 0.6) is 0 Å². The lowest BCUT2D eigenvalue weighted by molar-refractivity contribution is 0.0700. The standard InChI is InChI=1S/C15H19Cl2NO/c1-11-7-12(9-13(17)8-11)15(19)18-6-4-2-3-5-14(18)10-16/h7-9,14H,2-6,10H2,1H3. The maximum atomic E-state index is 12.6. The Labute approximate surface area is 124 Å². The predicted octanol–water partition coefficient (Wildman–Crippen LogP) is 4.27. The number of nitrogens with zero attached hydrogens (tertiary/aromatic N) is 1. The van der Waals surface area contributed by atoms with Crippen LogP contribution in [0, 0.1) is 6.92 Å². The molecule has 0 radical (unpaired) electrons. The van der Waals surface area contributed by atoms with E-state index in [-0.39, 0.29) is 11.9 Å². The maximum absolute atomic E-state index is 12.6. The molecule has 0 spiro atoms. The highest BCUT2D eigenvalue weighted by Gasteiger charge is 2.25. The number of likely N-dealkylation sites (tertiary alicyclic amines) is 1. The molecule has 1 aliphatic heterocycles. The fourth-order valence-corrected chi connectivity index (χ4v) is 3.24. The van der Waals surface area contributed by atoms with Gasteiger partial charge in [-0.1, -0.05) is 24.4 Å². The van der Waals surface area contributed by atoms with E-state index in [9.17, 15) is 4.79 Å². The van der Waals surface area contributed by atoms with Gasteiger partial charge in [0.05, 0.1) is 0 Å². The zero-order chi connectivity index (χ0) is 13.8. The highest BCUT2D eigenvalue weighted by molar-refractivity contribution is 6.31. The molecule has 1 aliphatic rings. The van der Waals surface area contributed by atoms with Gasteiger partial charge in [0.1, 0.15) is 0 Å². The van der Waals surface area contributed by atoms with Gasteiger partial charge in [-0.15, -0.1) is 11.6 Å². The van der Waals surface area contributed by atoms with Crippen LogP contribution in [0.2, 0.25) is 5.02 Å². The highest BCUT2D eigenvalue weighted by atomic mass is 35.5. The topological polar surface area (TPSA) is 20.3 Å². The van der Waals surface area contributed by atoms with Crippen molar-refractivity contribution in [3.05, 3.63) is 34.3 Å². The van der Waals surface area contributed by atoms with Crippen LogP contribution in [0.15, 0.2) is 18.2 Å². The molecule has 1 amide bonds. The summed E-state index contributed by atoms with van der Waals surface area (Å²) >= 11 is 12.1. The van der Waals surface area contributed by atoms with E-state index in [1.807, 2.05) is 24.0 Å². The Morgan fingerprint density at radius 1 is 1.32 bits per heavy atom. The van der Waals surface area contributed by atoms with Crippen molar-refractivity contribution in [1.82, 2.24) is 4.90 Å². The molecule has 2 rings (SSSR count). The van der Waals surface area contributed by atoms with E-state index in [2.05, 4.69) is 0 Å². The largest absolute Gasteiger partial charge is 0.334 e. The number of aryl methyl sites for hydroxylation is 1. The molecule has 0 N–H and O–H groups in total.